The molecule has 1 saturated carbocycles. The molecule has 4 heteroatoms. The Morgan fingerprint density at radius 2 is 2.15 bits per heavy atom. The van der Waals surface area contributed by atoms with Crippen molar-refractivity contribution >= 4 is 0 Å². The molecule has 3 rings (SSSR count). The molecule has 0 spiro atoms. The van der Waals surface area contributed by atoms with Crippen molar-refractivity contribution in [2.75, 3.05) is 26.7 Å². The molecule has 1 aromatic rings. The molecule has 0 radical (unpaired) electrons. The number of hydrogen-bond donors (Lipinski definition) is 1. The van der Waals surface area contributed by atoms with Gasteiger partial charge in [-0.25, -0.2) is 4.39 Å². The van der Waals surface area contributed by atoms with E-state index in [1.54, 1.807) is 12.1 Å². The van der Waals surface area contributed by atoms with Crippen LogP contribution >= 0.6 is 0 Å². The molecule has 2 unspecified atom stereocenters. The van der Waals surface area contributed by atoms with E-state index in [0.29, 0.717) is 18.4 Å². The van der Waals surface area contributed by atoms with Crippen LogP contribution in [0, 0.1) is 17.7 Å². The van der Waals surface area contributed by atoms with Crippen molar-refractivity contribution in [1.82, 2.24) is 4.90 Å². The molecule has 1 saturated heterocycles. The summed E-state index contributed by atoms with van der Waals surface area (Å²) >= 11 is 0. The van der Waals surface area contributed by atoms with Gasteiger partial charge in [0.05, 0.1) is 6.61 Å². The number of ether oxygens (including phenoxy) is 1. The zero-order chi connectivity index (χ0) is 14.1. The number of nitrogens with two attached hydrogens (primary N) is 1. The van der Waals surface area contributed by atoms with E-state index in [1.165, 1.54) is 18.9 Å². The Hall–Kier alpha value is -1.13. The quantitative estimate of drug-likeness (QED) is 0.899. The van der Waals surface area contributed by atoms with Gasteiger partial charge in [0.25, 0.3) is 0 Å². The van der Waals surface area contributed by atoms with Crippen molar-refractivity contribution in [1.29, 1.82) is 0 Å². The van der Waals surface area contributed by atoms with Crippen LogP contribution < -0.4 is 10.5 Å². The summed E-state index contributed by atoms with van der Waals surface area (Å²) in [6, 6.07) is 5.11. The summed E-state index contributed by atoms with van der Waals surface area (Å²) in [4.78, 5) is 2.26. The summed E-state index contributed by atoms with van der Waals surface area (Å²) < 4.78 is 19.5. The average molecular weight is 278 g/mol. The molecule has 2 N–H and O–H groups in total. The summed E-state index contributed by atoms with van der Waals surface area (Å²) in [7, 11) is 2.08. The number of rotatable bonds is 5. The third-order valence-electron chi connectivity index (χ3n) is 4.47. The van der Waals surface area contributed by atoms with Crippen molar-refractivity contribution in [2.45, 2.75) is 25.3 Å². The van der Waals surface area contributed by atoms with Gasteiger partial charge in [0, 0.05) is 18.2 Å². The van der Waals surface area contributed by atoms with E-state index in [4.69, 9.17) is 10.5 Å². The highest BCUT2D eigenvalue weighted by atomic mass is 19.1. The Morgan fingerprint density at radius 1 is 1.35 bits per heavy atom. The van der Waals surface area contributed by atoms with Gasteiger partial charge in [0.1, 0.15) is 11.6 Å². The molecule has 0 bridgehead atoms. The third-order valence-corrected chi connectivity index (χ3v) is 4.47. The molecule has 1 aliphatic heterocycles. The van der Waals surface area contributed by atoms with Crippen molar-refractivity contribution < 1.29 is 9.13 Å². The van der Waals surface area contributed by atoms with Crippen LogP contribution in [0.15, 0.2) is 18.2 Å². The predicted octanol–water partition coefficient (Wildman–Crippen LogP) is 2.57. The van der Waals surface area contributed by atoms with E-state index in [2.05, 4.69) is 11.9 Å². The maximum absolute atomic E-state index is 13.6. The fourth-order valence-electron chi connectivity index (χ4n) is 3.04. The first-order valence-corrected chi connectivity index (χ1v) is 7.50. The van der Waals surface area contributed by atoms with Gasteiger partial charge >= 0.3 is 0 Å². The van der Waals surface area contributed by atoms with Crippen LogP contribution in [0.1, 0.15) is 30.9 Å². The number of nitrogens with zero attached hydrogens (tertiary/aromatic N) is 1. The topological polar surface area (TPSA) is 38.5 Å². The molecule has 2 aliphatic rings. The molecule has 3 nitrogen and oxygen atoms in total. The van der Waals surface area contributed by atoms with Gasteiger partial charge in [-0.05, 0) is 62.9 Å². The highest BCUT2D eigenvalue weighted by Gasteiger charge is 2.32. The fraction of sp³-hybridized carbons (Fsp3) is 0.625. The molecule has 1 aromatic carbocycles. The lowest BCUT2D eigenvalue weighted by Gasteiger charge is -2.22. The SMILES string of the molecule is CN1CC(CN)CC1c1cc(F)ccc1OCC1CC1. The first-order chi connectivity index (χ1) is 9.67. The molecule has 1 aliphatic carbocycles. The van der Waals surface area contributed by atoms with E-state index in [9.17, 15) is 4.39 Å². The van der Waals surface area contributed by atoms with Gasteiger partial charge in [-0.3, -0.25) is 4.90 Å². The predicted molar refractivity (Wildman–Crippen MR) is 77.2 cm³/mol. The Kier molecular flexibility index (Phi) is 3.94. The molecular weight excluding hydrogens is 255 g/mol. The third kappa shape index (κ3) is 2.96. The summed E-state index contributed by atoms with van der Waals surface area (Å²) in [5, 5.41) is 0. The maximum atomic E-state index is 13.6. The standard InChI is InChI=1S/C16H23FN2O/c1-19-9-12(8-18)6-15(19)14-7-13(17)4-5-16(14)20-10-11-2-3-11/h4-5,7,11-12,15H,2-3,6,8-10,18H2,1H3. The largest absolute Gasteiger partial charge is 0.493 e. The Balaban J connectivity index is 1.80. The minimum Gasteiger partial charge on any atom is -0.493 e. The highest BCUT2D eigenvalue weighted by molar-refractivity contribution is 5.37. The summed E-state index contributed by atoms with van der Waals surface area (Å²) in [6.07, 6.45) is 3.50. The van der Waals surface area contributed by atoms with Crippen LogP contribution in [0.5, 0.6) is 5.75 Å². The number of likely N-dealkylation sites (tertiary alicyclic amines) is 1. The van der Waals surface area contributed by atoms with Crippen molar-refractivity contribution in [3.8, 4) is 5.75 Å². The highest BCUT2D eigenvalue weighted by Crippen LogP contribution is 2.39. The van der Waals surface area contributed by atoms with E-state index < -0.39 is 0 Å². The molecular formula is C16H23FN2O. The maximum Gasteiger partial charge on any atom is 0.124 e. The molecule has 110 valence electrons. The van der Waals surface area contributed by atoms with Crippen molar-refractivity contribution in [3.63, 3.8) is 0 Å². The van der Waals surface area contributed by atoms with E-state index in [1.807, 2.05) is 0 Å². The number of halogens is 1. The van der Waals surface area contributed by atoms with E-state index in [0.717, 1.165) is 30.9 Å². The van der Waals surface area contributed by atoms with Crippen LogP contribution in [-0.4, -0.2) is 31.6 Å². The summed E-state index contributed by atoms with van der Waals surface area (Å²) in [6.45, 7) is 2.42. The molecule has 20 heavy (non-hydrogen) atoms. The van der Waals surface area contributed by atoms with Crippen molar-refractivity contribution in [2.24, 2.45) is 17.6 Å². The monoisotopic (exact) mass is 278 g/mol. The first kappa shape index (κ1) is 13.8. The average Bonchev–Trinajstić information content (AvgIpc) is 3.19. The molecule has 1 heterocycles. The molecule has 2 fully saturated rings. The van der Waals surface area contributed by atoms with Crippen LogP contribution in [0.3, 0.4) is 0 Å². The van der Waals surface area contributed by atoms with E-state index in [-0.39, 0.29) is 11.9 Å². The normalized spacial score (nSPS) is 26.9. The lowest BCUT2D eigenvalue weighted by atomic mass is 9.99. The summed E-state index contributed by atoms with van der Waals surface area (Å²) in [5.41, 5.74) is 6.75. The smallest absolute Gasteiger partial charge is 0.124 e. The van der Waals surface area contributed by atoms with Crippen LogP contribution in [-0.2, 0) is 0 Å². The second-order valence-electron chi connectivity index (χ2n) is 6.23. The molecule has 0 amide bonds. The number of benzene rings is 1. The summed E-state index contributed by atoms with van der Waals surface area (Å²) in [5.74, 6) is 1.84. The molecule has 2 atom stereocenters. The first-order valence-electron chi connectivity index (χ1n) is 7.50. The van der Waals surface area contributed by atoms with Crippen LogP contribution in [0.4, 0.5) is 4.39 Å². The van der Waals surface area contributed by atoms with Gasteiger partial charge in [-0.1, -0.05) is 0 Å². The lowest BCUT2D eigenvalue weighted by molar-refractivity contribution is 0.272. The van der Waals surface area contributed by atoms with Gasteiger partial charge < -0.3 is 10.5 Å². The van der Waals surface area contributed by atoms with E-state index >= 15 is 0 Å². The molecule has 0 aromatic heterocycles. The second-order valence-corrected chi connectivity index (χ2v) is 6.23. The van der Waals surface area contributed by atoms with Gasteiger partial charge in [0.15, 0.2) is 0 Å². The zero-order valence-electron chi connectivity index (χ0n) is 12.0. The Bertz CT molecular complexity index is 476. The van der Waals surface area contributed by atoms with Gasteiger partial charge in [-0.2, -0.15) is 0 Å². The minimum atomic E-state index is -0.191. The Labute approximate surface area is 119 Å². The van der Waals surface area contributed by atoms with Crippen molar-refractivity contribution in [3.05, 3.63) is 29.6 Å². The van der Waals surface area contributed by atoms with Gasteiger partial charge in [0.2, 0.25) is 0 Å². The van der Waals surface area contributed by atoms with Crippen LogP contribution in [0.25, 0.3) is 0 Å². The minimum absolute atomic E-state index is 0.191. The number of hydrogen-bond acceptors (Lipinski definition) is 3. The van der Waals surface area contributed by atoms with Gasteiger partial charge in [-0.15, -0.1) is 0 Å². The van der Waals surface area contributed by atoms with Crippen LogP contribution in [0.2, 0.25) is 0 Å². The Morgan fingerprint density at radius 3 is 2.80 bits per heavy atom. The fourth-order valence-corrected chi connectivity index (χ4v) is 3.04. The second kappa shape index (κ2) is 5.70. The zero-order valence-corrected chi connectivity index (χ0v) is 12.0. The lowest BCUT2D eigenvalue weighted by Crippen LogP contribution is -2.21.